The van der Waals surface area contributed by atoms with Crippen LogP contribution in [0.15, 0.2) is 30.5 Å². The van der Waals surface area contributed by atoms with Crippen LogP contribution >= 0.6 is 11.6 Å². The number of nitrogens with one attached hydrogen (secondary N) is 1. The van der Waals surface area contributed by atoms with E-state index in [1.807, 2.05) is 0 Å². The van der Waals surface area contributed by atoms with Crippen LogP contribution in [0.1, 0.15) is 0 Å². The third kappa shape index (κ3) is 2.98. The lowest BCUT2D eigenvalue weighted by molar-refractivity contribution is -0.116. The molecule has 1 aromatic heterocycles. The predicted octanol–water partition coefficient (Wildman–Crippen LogP) is 1.90. The summed E-state index contributed by atoms with van der Waals surface area (Å²) in [6.07, 6.45) is 1.59. The Balaban J connectivity index is 2.00. The van der Waals surface area contributed by atoms with Crippen LogP contribution in [0.25, 0.3) is 0 Å². The monoisotopic (exact) mass is 268 g/mol. The minimum absolute atomic E-state index is 0.0200. The number of hydrogen-bond donors (Lipinski definition) is 2. The van der Waals surface area contributed by atoms with E-state index in [0.29, 0.717) is 11.5 Å². The summed E-state index contributed by atoms with van der Waals surface area (Å²) in [6.45, 7) is 0.0200. The first-order chi connectivity index (χ1) is 8.54. The minimum atomic E-state index is -0.533. The van der Waals surface area contributed by atoms with Crippen molar-refractivity contribution < 1.29 is 9.18 Å². The van der Waals surface area contributed by atoms with E-state index >= 15 is 0 Å². The highest BCUT2D eigenvalue weighted by Gasteiger charge is 2.06. The average molecular weight is 269 g/mol. The number of hydrogen-bond acceptors (Lipinski definition) is 3. The van der Waals surface area contributed by atoms with Crippen molar-refractivity contribution in [2.75, 3.05) is 11.1 Å². The summed E-state index contributed by atoms with van der Waals surface area (Å²) in [6, 6.07) is 5.54. The average Bonchev–Trinajstić information content (AvgIpc) is 2.69. The van der Waals surface area contributed by atoms with Gasteiger partial charge in [0.2, 0.25) is 5.91 Å². The van der Waals surface area contributed by atoms with E-state index in [4.69, 9.17) is 17.3 Å². The number of amides is 1. The maximum Gasteiger partial charge on any atom is 0.246 e. The number of rotatable bonds is 3. The fourth-order valence-electron chi connectivity index (χ4n) is 1.39. The zero-order chi connectivity index (χ0) is 13.1. The van der Waals surface area contributed by atoms with Gasteiger partial charge in [-0.2, -0.15) is 5.10 Å². The third-order valence-corrected chi connectivity index (χ3v) is 2.46. The fraction of sp³-hybridized carbons (Fsp3) is 0.0909. The van der Waals surface area contributed by atoms with Gasteiger partial charge in [-0.05, 0) is 24.3 Å². The Kier molecular flexibility index (Phi) is 3.47. The maximum atomic E-state index is 12.9. The van der Waals surface area contributed by atoms with E-state index in [2.05, 4.69) is 10.4 Å². The molecule has 0 radical (unpaired) electrons. The molecular weight excluding hydrogens is 259 g/mol. The molecule has 7 heteroatoms. The molecule has 2 rings (SSSR count). The Bertz CT molecular complexity index is 584. The van der Waals surface area contributed by atoms with Gasteiger partial charge in [0.15, 0.2) is 0 Å². The van der Waals surface area contributed by atoms with Gasteiger partial charge in [-0.1, -0.05) is 11.6 Å². The van der Waals surface area contributed by atoms with Gasteiger partial charge in [-0.15, -0.1) is 0 Å². The molecule has 0 spiro atoms. The highest BCUT2D eigenvalue weighted by atomic mass is 35.5. The zero-order valence-electron chi connectivity index (χ0n) is 9.23. The summed E-state index contributed by atoms with van der Waals surface area (Å²) in [7, 11) is 0. The quantitative estimate of drug-likeness (QED) is 0.893. The standard InChI is InChI=1S/C11H10ClFN4O/c12-8-5-7(1-2-9(8)13)15-11(18)6-17-4-3-10(14)16-17/h1-5H,6H2,(H2,14,16)(H,15,18). The molecule has 1 heterocycles. The van der Waals surface area contributed by atoms with Crippen LogP contribution in [0, 0.1) is 5.82 Å². The van der Waals surface area contributed by atoms with E-state index in [1.54, 1.807) is 12.3 Å². The molecule has 0 aliphatic heterocycles. The van der Waals surface area contributed by atoms with Crippen LogP contribution in [0.4, 0.5) is 15.9 Å². The fourth-order valence-corrected chi connectivity index (χ4v) is 1.57. The number of aromatic nitrogens is 2. The molecule has 0 atom stereocenters. The first-order valence-electron chi connectivity index (χ1n) is 5.08. The summed E-state index contributed by atoms with van der Waals surface area (Å²) in [5.41, 5.74) is 5.84. The lowest BCUT2D eigenvalue weighted by Crippen LogP contribution is -2.19. The van der Waals surface area contributed by atoms with Crippen molar-refractivity contribution in [3.05, 3.63) is 41.3 Å². The van der Waals surface area contributed by atoms with Gasteiger partial charge in [-0.25, -0.2) is 4.39 Å². The van der Waals surface area contributed by atoms with Gasteiger partial charge in [0, 0.05) is 11.9 Å². The van der Waals surface area contributed by atoms with Gasteiger partial charge in [0.25, 0.3) is 0 Å². The van der Waals surface area contributed by atoms with Crippen molar-refractivity contribution in [2.24, 2.45) is 0 Å². The number of halogens is 2. The van der Waals surface area contributed by atoms with Crippen LogP contribution in [0.5, 0.6) is 0 Å². The van der Waals surface area contributed by atoms with Gasteiger partial charge in [0.1, 0.15) is 18.2 Å². The zero-order valence-corrected chi connectivity index (χ0v) is 9.99. The van der Waals surface area contributed by atoms with Crippen molar-refractivity contribution in [1.82, 2.24) is 9.78 Å². The number of anilines is 2. The molecule has 3 N–H and O–H groups in total. The molecule has 94 valence electrons. The molecule has 2 aromatic rings. The van der Waals surface area contributed by atoms with E-state index in [1.165, 1.54) is 22.9 Å². The second kappa shape index (κ2) is 5.05. The van der Waals surface area contributed by atoms with Crippen molar-refractivity contribution in [1.29, 1.82) is 0 Å². The normalized spacial score (nSPS) is 10.3. The van der Waals surface area contributed by atoms with Crippen LogP contribution in [-0.4, -0.2) is 15.7 Å². The number of nitrogens with zero attached hydrogens (tertiary/aromatic N) is 2. The number of carbonyl (C=O) groups is 1. The minimum Gasteiger partial charge on any atom is -0.382 e. The molecule has 0 aliphatic rings. The molecule has 18 heavy (non-hydrogen) atoms. The Labute approximate surface area is 107 Å². The van der Waals surface area contributed by atoms with Crippen LogP contribution in [-0.2, 0) is 11.3 Å². The summed E-state index contributed by atoms with van der Waals surface area (Å²) in [5, 5.41) is 6.40. The molecule has 1 aromatic carbocycles. The van der Waals surface area contributed by atoms with Gasteiger partial charge in [-0.3, -0.25) is 9.48 Å². The van der Waals surface area contributed by atoms with Crippen LogP contribution < -0.4 is 11.1 Å². The number of benzene rings is 1. The lowest BCUT2D eigenvalue weighted by Gasteiger charge is -2.06. The summed E-state index contributed by atoms with van der Waals surface area (Å²) in [4.78, 5) is 11.6. The first-order valence-corrected chi connectivity index (χ1v) is 5.46. The summed E-state index contributed by atoms with van der Waals surface area (Å²) >= 11 is 5.60. The van der Waals surface area contributed by atoms with Crippen molar-refractivity contribution in [3.8, 4) is 0 Å². The molecule has 0 unspecified atom stereocenters. The van der Waals surface area contributed by atoms with Gasteiger partial charge in [0.05, 0.1) is 5.02 Å². The largest absolute Gasteiger partial charge is 0.382 e. The summed E-state index contributed by atoms with van der Waals surface area (Å²) in [5.74, 6) is -0.497. The highest BCUT2D eigenvalue weighted by molar-refractivity contribution is 6.31. The first kappa shape index (κ1) is 12.4. The second-order valence-corrected chi connectivity index (χ2v) is 4.02. The summed E-state index contributed by atoms with van der Waals surface area (Å²) < 4.78 is 14.3. The van der Waals surface area contributed by atoms with E-state index in [-0.39, 0.29) is 17.5 Å². The van der Waals surface area contributed by atoms with Crippen molar-refractivity contribution >= 4 is 29.0 Å². The molecule has 0 aliphatic carbocycles. The Morgan fingerprint density at radius 1 is 1.50 bits per heavy atom. The highest BCUT2D eigenvalue weighted by Crippen LogP contribution is 2.19. The maximum absolute atomic E-state index is 12.9. The molecular formula is C11H10ClFN4O. The second-order valence-electron chi connectivity index (χ2n) is 3.62. The Hall–Kier alpha value is -2.08. The molecule has 0 saturated carbocycles. The van der Waals surface area contributed by atoms with E-state index in [0.717, 1.165) is 0 Å². The third-order valence-electron chi connectivity index (χ3n) is 2.17. The molecule has 1 amide bonds. The number of carbonyl (C=O) groups excluding carboxylic acids is 1. The Morgan fingerprint density at radius 3 is 2.89 bits per heavy atom. The molecule has 0 saturated heterocycles. The molecule has 0 bridgehead atoms. The van der Waals surface area contributed by atoms with E-state index < -0.39 is 5.82 Å². The van der Waals surface area contributed by atoms with Crippen molar-refractivity contribution in [2.45, 2.75) is 6.54 Å². The molecule has 5 nitrogen and oxygen atoms in total. The van der Waals surface area contributed by atoms with Crippen LogP contribution in [0.3, 0.4) is 0 Å². The smallest absolute Gasteiger partial charge is 0.246 e. The van der Waals surface area contributed by atoms with Crippen LogP contribution in [0.2, 0.25) is 5.02 Å². The van der Waals surface area contributed by atoms with E-state index in [9.17, 15) is 9.18 Å². The number of nitrogen functional groups attached to an aromatic ring is 1. The predicted molar refractivity (Wildman–Crippen MR) is 66.7 cm³/mol. The SMILES string of the molecule is Nc1ccn(CC(=O)Nc2ccc(F)c(Cl)c2)n1. The van der Waals surface area contributed by atoms with Gasteiger partial charge >= 0.3 is 0 Å². The van der Waals surface area contributed by atoms with Crippen molar-refractivity contribution in [3.63, 3.8) is 0 Å². The number of nitrogens with two attached hydrogens (primary N) is 1. The lowest BCUT2D eigenvalue weighted by atomic mass is 10.3. The van der Waals surface area contributed by atoms with Gasteiger partial charge < -0.3 is 11.1 Å². The Morgan fingerprint density at radius 2 is 2.28 bits per heavy atom. The molecule has 0 fully saturated rings. The topological polar surface area (TPSA) is 72.9 Å².